The first kappa shape index (κ1) is 36.6. The minimum absolute atomic E-state index is 0. The number of nitrogens with one attached hydrogen (secondary N) is 1. The van der Waals surface area contributed by atoms with Gasteiger partial charge in [-0.25, -0.2) is 13.8 Å². The molecule has 0 saturated carbocycles. The van der Waals surface area contributed by atoms with Gasteiger partial charge in [0.2, 0.25) is 0 Å². The molecule has 1 aromatic rings. The number of H-pyrrole nitrogens is 1. The molecule has 0 aromatic carbocycles. The molecule has 0 aliphatic carbocycles. The number of aromatic nitrogens is 2. The minimum atomic E-state index is -5.20. The second-order valence-electron chi connectivity index (χ2n) is 7.83. The van der Waals surface area contributed by atoms with Crippen LogP contribution in [0.1, 0.15) is 6.23 Å². The Kier molecular flexibility index (Phi) is 14.2. The fraction of sp³-hybridized carbons (Fsp3) is 0.733. The molecule has 23 heteroatoms. The molecule has 2 saturated heterocycles. The van der Waals surface area contributed by atoms with Crippen molar-refractivity contribution in [3.8, 4) is 0 Å². The molecule has 11 atom stereocenters. The summed E-state index contributed by atoms with van der Waals surface area (Å²) in [5.41, 5.74) is 3.90. The van der Waals surface area contributed by atoms with Crippen LogP contribution in [0.15, 0.2) is 21.9 Å². The van der Waals surface area contributed by atoms with Crippen LogP contribution in [0.4, 0.5) is 0 Å². The number of aromatic amines is 1. The monoisotopic (exact) mass is 613 g/mol. The van der Waals surface area contributed by atoms with Crippen molar-refractivity contribution in [2.75, 3.05) is 13.2 Å². The van der Waals surface area contributed by atoms with Crippen molar-refractivity contribution < 1.29 is 126 Å². The summed E-state index contributed by atoms with van der Waals surface area (Å²) in [6, 6.07) is -0.622. The van der Waals surface area contributed by atoms with Gasteiger partial charge < -0.3 is 50.5 Å². The summed E-state index contributed by atoms with van der Waals surface area (Å²) in [4.78, 5) is 40.2. The number of nitrogens with zero attached hydrogens (tertiary/aromatic N) is 1. The number of nitrogens with two attached hydrogens (primary N) is 1. The summed E-state index contributed by atoms with van der Waals surface area (Å²) in [6.45, 7) is -1.72. The Hall–Kier alpha value is 0.620. The molecule has 19 nitrogen and oxygen atoms in total. The Labute approximate surface area is 257 Å². The first-order valence-electron chi connectivity index (χ1n) is 10.1. The van der Waals surface area contributed by atoms with Crippen molar-refractivity contribution >= 4 is 15.6 Å². The van der Waals surface area contributed by atoms with Crippen molar-refractivity contribution in [2.24, 2.45) is 5.73 Å². The van der Waals surface area contributed by atoms with E-state index in [-0.39, 0.29) is 59.1 Å². The maximum atomic E-state index is 12.4. The zero-order chi connectivity index (χ0) is 27.0. The molecule has 1 aromatic heterocycles. The summed E-state index contributed by atoms with van der Waals surface area (Å²) in [7, 11) is -10.3. The molecule has 2 aliphatic rings. The molecule has 2 aliphatic heterocycles. The van der Waals surface area contributed by atoms with Gasteiger partial charge in [-0.15, -0.1) is 0 Å². The maximum Gasteiger partial charge on any atom is 1.00 e. The van der Waals surface area contributed by atoms with E-state index in [9.17, 15) is 44.3 Å². The molecule has 206 valence electrons. The predicted octanol–water partition coefficient (Wildman–Crippen LogP) is -11.4. The molecule has 2 fully saturated rings. The second-order valence-corrected chi connectivity index (χ2v) is 10.9. The van der Waals surface area contributed by atoms with Gasteiger partial charge in [0.05, 0.1) is 19.3 Å². The van der Waals surface area contributed by atoms with Crippen LogP contribution < -0.4 is 76.1 Å². The first-order chi connectivity index (χ1) is 16.7. The van der Waals surface area contributed by atoms with Gasteiger partial charge >= 0.3 is 80.4 Å². The number of aliphatic hydroxyl groups excluding tert-OH is 5. The van der Waals surface area contributed by atoms with Crippen LogP contribution in [0.2, 0.25) is 0 Å². The van der Waals surface area contributed by atoms with Gasteiger partial charge in [0.25, 0.3) is 5.56 Å². The SMILES string of the molecule is NC1[C@@H](OP(=O)([OH2+])OP(=O)([OH2+])OCC2OC(n3ccc(=O)[nH]c3=O)[C@H](O)[C@@H]2O)OC(CO)[C@H](O)[C@@H]1O.[Na+].[Na+]. The molecule has 6 unspecified atom stereocenters. The minimum Gasteiger partial charge on any atom is -0.394 e. The molecule has 0 amide bonds. The van der Waals surface area contributed by atoms with E-state index in [1.165, 1.54) is 0 Å². The van der Waals surface area contributed by atoms with Gasteiger partial charge in [-0.3, -0.25) is 14.3 Å². The fourth-order valence-corrected chi connectivity index (χ4v) is 5.70. The van der Waals surface area contributed by atoms with Crippen molar-refractivity contribution in [3.63, 3.8) is 0 Å². The standard InChI is InChI=1S/C15H25N3O16P2.2Na/c16-8-11(23)9(21)5(3-19)32-14(8)33-36(28,29)34-35(26,27)30-4-6-10(22)12(24)13(31-6)18-2-1-7(20)17-15(18)25;;/h1-2,5-6,8-14,19,21-24H,3-4,16H2,(H,26,27)(H,28,29)(H,17,20,25);;/q;2*+1/p+2/t5?,6?,8?,9-,10+,11+,12+,13?,14+;;/m0../s1. The summed E-state index contributed by atoms with van der Waals surface area (Å²) in [5, 5.41) is 49.1. The molecule has 0 spiro atoms. The molecule has 38 heavy (non-hydrogen) atoms. The van der Waals surface area contributed by atoms with E-state index in [4.69, 9.17) is 29.5 Å². The zero-order valence-electron chi connectivity index (χ0n) is 20.1. The van der Waals surface area contributed by atoms with Crippen LogP contribution >= 0.6 is 15.6 Å². The number of hydrogen-bond acceptors (Lipinski definition) is 15. The van der Waals surface area contributed by atoms with Gasteiger partial charge in [0, 0.05) is 12.3 Å². The third-order valence-corrected chi connectivity index (χ3v) is 7.95. The average Bonchev–Trinajstić information content (AvgIpc) is 3.06. The van der Waals surface area contributed by atoms with Gasteiger partial charge in [-0.05, 0) is 0 Å². The van der Waals surface area contributed by atoms with Gasteiger partial charge in [0.15, 0.2) is 12.5 Å². The van der Waals surface area contributed by atoms with Crippen molar-refractivity contribution in [1.29, 1.82) is 0 Å². The maximum absolute atomic E-state index is 12.4. The van der Waals surface area contributed by atoms with Crippen LogP contribution in [-0.2, 0) is 32.0 Å². The van der Waals surface area contributed by atoms with E-state index < -0.39 is 95.3 Å². The molecular formula is C15H27N3Na2O16P2+4. The molecular weight excluding hydrogens is 586 g/mol. The summed E-state index contributed by atoms with van der Waals surface area (Å²) in [6.07, 6.45) is -12.1. The summed E-state index contributed by atoms with van der Waals surface area (Å²) >= 11 is 0. The van der Waals surface area contributed by atoms with Crippen LogP contribution in [0.5, 0.6) is 0 Å². The Morgan fingerprint density at radius 3 is 2.18 bits per heavy atom. The van der Waals surface area contributed by atoms with Gasteiger partial charge in [-0.2, -0.15) is 9.13 Å². The van der Waals surface area contributed by atoms with E-state index in [0.29, 0.717) is 0 Å². The van der Waals surface area contributed by atoms with E-state index in [2.05, 4.69) is 8.83 Å². The van der Waals surface area contributed by atoms with Gasteiger partial charge in [0.1, 0.15) is 36.6 Å². The van der Waals surface area contributed by atoms with Crippen molar-refractivity contribution in [1.82, 2.24) is 9.55 Å². The van der Waals surface area contributed by atoms with Crippen LogP contribution in [0.3, 0.4) is 0 Å². The van der Waals surface area contributed by atoms with Crippen LogP contribution in [-0.4, -0.2) is 107 Å². The van der Waals surface area contributed by atoms with Gasteiger partial charge in [-0.1, -0.05) is 4.31 Å². The third kappa shape index (κ3) is 8.81. The quantitative estimate of drug-likeness (QED) is 0.0772. The van der Waals surface area contributed by atoms with E-state index in [1.54, 1.807) is 0 Å². The molecule has 3 heterocycles. The second kappa shape index (κ2) is 14.7. The topological polar surface area (TPSA) is 308 Å². The normalized spacial score (nSPS) is 36.4. The van der Waals surface area contributed by atoms with Crippen LogP contribution in [0, 0.1) is 0 Å². The van der Waals surface area contributed by atoms with E-state index >= 15 is 0 Å². The number of hydrogen-bond donors (Lipinski definition) is 7. The number of rotatable bonds is 9. The van der Waals surface area contributed by atoms with Crippen LogP contribution in [0.25, 0.3) is 0 Å². The average molecular weight is 613 g/mol. The number of aliphatic hydroxyl groups is 5. The molecule has 3 rings (SSSR count). The summed E-state index contributed by atoms with van der Waals surface area (Å²) < 4.78 is 49.5. The number of ether oxygens (including phenoxy) is 2. The Bertz CT molecular complexity index is 1140. The smallest absolute Gasteiger partial charge is 0.394 e. The predicted molar refractivity (Wildman–Crippen MR) is 114 cm³/mol. The first-order valence-corrected chi connectivity index (χ1v) is 13.2. The van der Waals surface area contributed by atoms with Crippen molar-refractivity contribution in [2.45, 2.75) is 55.2 Å². The zero-order valence-corrected chi connectivity index (χ0v) is 25.9. The fourth-order valence-electron chi connectivity index (χ4n) is 3.42. The van der Waals surface area contributed by atoms with E-state index in [1.807, 2.05) is 4.98 Å². The Balaban J connectivity index is 0.00000361. The largest absolute Gasteiger partial charge is 1.00 e. The van der Waals surface area contributed by atoms with E-state index in [0.717, 1.165) is 16.8 Å². The Morgan fingerprint density at radius 2 is 1.61 bits per heavy atom. The van der Waals surface area contributed by atoms with Crippen molar-refractivity contribution in [3.05, 3.63) is 33.1 Å². The Morgan fingerprint density at radius 1 is 1.00 bits per heavy atom. The third-order valence-electron chi connectivity index (χ3n) is 5.26. The molecule has 0 bridgehead atoms. The summed E-state index contributed by atoms with van der Waals surface area (Å²) in [5.74, 6) is 0. The molecule has 0 radical (unpaired) electrons. The molecule has 12 N–H and O–H groups in total.